The van der Waals surface area contributed by atoms with Crippen molar-refractivity contribution in [3.63, 3.8) is 0 Å². The SMILES string of the molecule is CCNC(=NCCCC(=O)N1Cc2ccccc2C1)NC1CCCSC1.I. The molecule has 1 atom stereocenters. The van der Waals surface area contributed by atoms with E-state index in [9.17, 15) is 4.79 Å². The Morgan fingerprint density at radius 3 is 2.67 bits per heavy atom. The summed E-state index contributed by atoms with van der Waals surface area (Å²) in [5.41, 5.74) is 2.56. The molecular weight excluding hydrogens is 471 g/mol. The first-order valence-corrected chi connectivity index (χ1v) is 10.9. The highest BCUT2D eigenvalue weighted by atomic mass is 127. The molecule has 2 aliphatic rings. The number of hydrogen-bond acceptors (Lipinski definition) is 3. The molecule has 1 unspecified atom stereocenters. The Bertz CT molecular complexity index is 609. The molecule has 5 nitrogen and oxygen atoms in total. The summed E-state index contributed by atoms with van der Waals surface area (Å²) in [5.74, 6) is 3.55. The summed E-state index contributed by atoms with van der Waals surface area (Å²) in [6, 6.07) is 8.83. The lowest BCUT2D eigenvalue weighted by atomic mass is 10.1. The average Bonchev–Trinajstić information content (AvgIpc) is 3.10. The van der Waals surface area contributed by atoms with Crippen LogP contribution >= 0.6 is 35.7 Å². The van der Waals surface area contributed by atoms with E-state index >= 15 is 0 Å². The third-order valence-electron chi connectivity index (χ3n) is 4.86. The van der Waals surface area contributed by atoms with Gasteiger partial charge < -0.3 is 15.5 Å². The van der Waals surface area contributed by atoms with Crippen LogP contribution in [0.15, 0.2) is 29.3 Å². The van der Waals surface area contributed by atoms with Gasteiger partial charge in [0.1, 0.15) is 0 Å². The molecule has 2 aliphatic heterocycles. The van der Waals surface area contributed by atoms with Crippen molar-refractivity contribution in [2.75, 3.05) is 24.6 Å². The number of nitrogens with zero attached hydrogens (tertiary/aromatic N) is 2. The van der Waals surface area contributed by atoms with Crippen LogP contribution in [0, 0.1) is 0 Å². The van der Waals surface area contributed by atoms with Crippen molar-refractivity contribution in [2.45, 2.75) is 51.7 Å². The second-order valence-corrected chi connectivity index (χ2v) is 8.09. The van der Waals surface area contributed by atoms with Crippen molar-refractivity contribution < 1.29 is 4.79 Å². The van der Waals surface area contributed by atoms with Crippen LogP contribution in [-0.2, 0) is 17.9 Å². The Kier molecular flexibility index (Phi) is 9.75. The van der Waals surface area contributed by atoms with Gasteiger partial charge in [-0.3, -0.25) is 9.79 Å². The molecule has 1 aromatic rings. The fourth-order valence-electron chi connectivity index (χ4n) is 3.46. The second-order valence-electron chi connectivity index (χ2n) is 6.94. The molecule has 3 rings (SSSR count). The van der Waals surface area contributed by atoms with Gasteiger partial charge in [-0.25, -0.2) is 0 Å². The second kappa shape index (κ2) is 11.8. The first-order chi connectivity index (χ1) is 12.8. The highest BCUT2D eigenvalue weighted by molar-refractivity contribution is 14.0. The number of hydrogen-bond donors (Lipinski definition) is 2. The number of nitrogens with one attached hydrogen (secondary N) is 2. The molecule has 0 aromatic heterocycles. The van der Waals surface area contributed by atoms with Crippen LogP contribution in [0.4, 0.5) is 0 Å². The fourth-order valence-corrected chi connectivity index (χ4v) is 4.53. The largest absolute Gasteiger partial charge is 0.357 e. The summed E-state index contributed by atoms with van der Waals surface area (Å²) in [6.45, 7) is 5.13. The van der Waals surface area contributed by atoms with Crippen molar-refractivity contribution in [3.8, 4) is 0 Å². The topological polar surface area (TPSA) is 56.7 Å². The number of benzene rings is 1. The minimum atomic E-state index is 0. The van der Waals surface area contributed by atoms with Crippen LogP contribution in [0.1, 0.15) is 43.7 Å². The smallest absolute Gasteiger partial charge is 0.223 e. The lowest BCUT2D eigenvalue weighted by molar-refractivity contribution is -0.131. The van der Waals surface area contributed by atoms with Gasteiger partial charge in [0, 0.05) is 44.4 Å². The van der Waals surface area contributed by atoms with Crippen LogP contribution < -0.4 is 10.6 Å². The average molecular weight is 502 g/mol. The first kappa shape index (κ1) is 22.3. The van der Waals surface area contributed by atoms with Crippen LogP contribution in [0.3, 0.4) is 0 Å². The predicted molar refractivity (Wildman–Crippen MR) is 125 cm³/mol. The third kappa shape index (κ3) is 6.85. The maximum atomic E-state index is 12.4. The molecule has 1 aromatic carbocycles. The van der Waals surface area contributed by atoms with Crippen molar-refractivity contribution >= 4 is 47.6 Å². The number of rotatable bonds is 6. The molecule has 1 fully saturated rings. The molecule has 0 bridgehead atoms. The van der Waals surface area contributed by atoms with E-state index in [1.165, 1.54) is 29.7 Å². The lowest BCUT2D eigenvalue weighted by Crippen LogP contribution is -2.45. The van der Waals surface area contributed by atoms with Crippen LogP contribution in [0.25, 0.3) is 0 Å². The van der Waals surface area contributed by atoms with Gasteiger partial charge in [-0.2, -0.15) is 11.8 Å². The number of halogens is 1. The molecule has 2 N–H and O–H groups in total. The number of carbonyl (C=O) groups is 1. The summed E-state index contributed by atoms with van der Waals surface area (Å²) in [7, 11) is 0. The Labute approximate surface area is 184 Å². The summed E-state index contributed by atoms with van der Waals surface area (Å²) in [5, 5.41) is 6.85. The number of amides is 1. The highest BCUT2D eigenvalue weighted by Crippen LogP contribution is 2.23. The molecule has 2 heterocycles. The van der Waals surface area contributed by atoms with E-state index in [2.05, 4.69) is 34.7 Å². The molecule has 7 heteroatoms. The Hall–Kier alpha value is -0.960. The normalized spacial score (nSPS) is 19.2. The molecule has 150 valence electrons. The van der Waals surface area contributed by atoms with Crippen LogP contribution in [-0.4, -0.2) is 47.4 Å². The van der Waals surface area contributed by atoms with Gasteiger partial charge in [0.05, 0.1) is 0 Å². The Morgan fingerprint density at radius 2 is 2.04 bits per heavy atom. The Morgan fingerprint density at radius 1 is 1.30 bits per heavy atom. The zero-order valence-corrected chi connectivity index (χ0v) is 19.2. The monoisotopic (exact) mass is 502 g/mol. The molecule has 0 spiro atoms. The quantitative estimate of drug-likeness (QED) is 0.271. The van der Waals surface area contributed by atoms with E-state index in [0.29, 0.717) is 19.0 Å². The van der Waals surface area contributed by atoms with Gasteiger partial charge in [0.2, 0.25) is 5.91 Å². The number of fused-ring (bicyclic) bond motifs is 1. The molecule has 1 saturated heterocycles. The first-order valence-electron chi connectivity index (χ1n) is 9.73. The summed E-state index contributed by atoms with van der Waals surface area (Å²) in [6.07, 6.45) is 3.84. The summed E-state index contributed by atoms with van der Waals surface area (Å²) < 4.78 is 0. The summed E-state index contributed by atoms with van der Waals surface area (Å²) >= 11 is 2.01. The third-order valence-corrected chi connectivity index (χ3v) is 6.07. The molecule has 0 aliphatic carbocycles. The molecule has 1 amide bonds. The van der Waals surface area contributed by atoms with Gasteiger partial charge in [-0.1, -0.05) is 24.3 Å². The number of carbonyl (C=O) groups excluding carboxylic acids is 1. The van der Waals surface area contributed by atoms with Gasteiger partial charge in [-0.05, 0) is 43.1 Å². The zero-order valence-electron chi connectivity index (χ0n) is 16.1. The van der Waals surface area contributed by atoms with E-state index < -0.39 is 0 Å². The number of thioether (sulfide) groups is 1. The van der Waals surface area contributed by atoms with Crippen molar-refractivity contribution in [2.24, 2.45) is 4.99 Å². The van der Waals surface area contributed by atoms with E-state index in [1.54, 1.807) is 0 Å². The molecule has 27 heavy (non-hydrogen) atoms. The van der Waals surface area contributed by atoms with E-state index in [0.717, 1.165) is 37.8 Å². The number of aliphatic imine (C=N–C) groups is 1. The van der Waals surface area contributed by atoms with E-state index in [4.69, 9.17) is 0 Å². The highest BCUT2D eigenvalue weighted by Gasteiger charge is 2.22. The standard InChI is InChI=1S/C20H30N4OS.HI/c1-2-21-20(23-18-9-6-12-26-15-18)22-11-5-10-19(25)24-13-16-7-3-4-8-17(16)14-24;/h3-4,7-8,18H,2,5-6,9-15H2,1H3,(H2,21,22,23);1H. The van der Waals surface area contributed by atoms with Gasteiger partial charge in [-0.15, -0.1) is 24.0 Å². The van der Waals surface area contributed by atoms with Crippen LogP contribution in [0.2, 0.25) is 0 Å². The lowest BCUT2D eigenvalue weighted by Gasteiger charge is -2.24. The predicted octanol–water partition coefficient (Wildman–Crippen LogP) is 3.38. The van der Waals surface area contributed by atoms with E-state index in [1.807, 2.05) is 28.8 Å². The zero-order chi connectivity index (χ0) is 18.2. The molecule has 0 saturated carbocycles. The van der Waals surface area contributed by atoms with E-state index in [-0.39, 0.29) is 29.9 Å². The maximum Gasteiger partial charge on any atom is 0.223 e. The minimum absolute atomic E-state index is 0. The summed E-state index contributed by atoms with van der Waals surface area (Å²) in [4.78, 5) is 19.1. The van der Waals surface area contributed by atoms with Gasteiger partial charge in [0.15, 0.2) is 5.96 Å². The minimum Gasteiger partial charge on any atom is -0.357 e. The Balaban J connectivity index is 0.00000261. The fraction of sp³-hybridized carbons (Fsp3) is 0.600. The van der Waals surface area contributed by atoms with Crippen molar-refractivity contribution in [1.29, 1.82) is 0 Å². The van der Waals surface area contributed by atoms with Gasteiger partial charge >= 0.3 is 0 Å². The maximum absolute atomic E-state index is 12.4. The van der Waals surface area contributed by atoms with Gasteiger partial charge in [0.25, 0.3) is 0 Å². The van der Waals surface area contributed by atoms with Crippen molar-refractivity contribution in [3.05, 3.63) is 35.4 Å². The van der Waals surface area contributed by atoms with Crippen LogP contribution in [0.5, 0.6) is 0 Å². The number of guanidine groups is 1. The van der Waals surface area contributed by atoms with Crippen molar-refractivity contribution in [1.82, 2.24) is 15.5 Å². The molecule has 0 radical (unpaired) electrons. The molecular formula is C20H31IN4OS.